The van der Waals surface area contributed by atoms with Crippen molar-refractivity contribution in [2.45, 2.75) is 32.4 Å². The third-order valence-corrected chi connectivity index (χ3v) is 5.40. The number of halogens is 1. The molecule has 1 aliphatic rings. The summed E-state index contributed by atoms with van der Waals surface area (Å²) in [6, 6.07) is 6.43. The highest BCUT2D eigenvalue weighted by atomic mass is 127. The van der Waals surface area contributed by atoms with Crippen LogP contribution in [0.25, 0.3) is 0 Å². The predicted molar refractivity (Wildman–Crippen MR) is 128 cm³/mol. The van der Waals surface area contributed by atoms with Gasteiger partial charge in [0.25, 0.3) is 0 Å². The van der Waals surface area contributed by atoms with Gasteiger partial charge in [-0.05, 0) is 31.9 Å². The van der Waals surface area contributed by atoms with Crippen LogP contribution in [0.15, 0.2) is 29.4 Å². The molecule has 1 aliphatic heterocycles. The Balaban J connectivity index is 0.00000420. The summed E-state index contributed by atoms with van der Waals surface area (Å²) in [6.45, 7) is 6.91. The summed E-state index contributed by atoms with van der Waals surface area (Å²) >= 11 is 0. The highest BCUT2D eigenvalue weighted by molar-refractivity contribution is 14.0. The molecular weight excluding hydrogens is 505 g/mol. The van der Waals surface area contributed by atoms with Crippen LogP contribution >= 0.6 is 24.0 Å². The predicted octanol–water partition coefficient (Wildman–Crippen LogP) is 1.28. The van der Waals surface area contributed by atoms with Crippen molar-refractivity contribution in [2.75, 3.05) is 51.4 Å². The van der Waals surface area contributed by atoms with Gasteiger partial charge >= 0.3 is 0 Å². The summed E-state index contributed by atoms with van der Waals surface area (Å²) in [6.07, 6.45) is 5.17. The van der Waals surface area contributed by atoms with Gasteiger partial charge in [0.2, 0.25) is 0 Å². The molecule has 8 nitrogen and oxygen atoms in total. The van der Waals surface area contributed by atoms with Gasteiger partial charge in [0.05, 0.1) is 31.2 Å². The van der Waals surface area contributed by atoms with Crippen molar-refractivity contribution in [1.29, 1.82) is 0 Å². The van der Waals surface area contributed by atoms with E-state index in [0.29, 0.717) is 19.2 Å². The van der Waals surface area contributed by atoms with Gasteiger partial charge < -0.3 is 15.4 Å². The molecule has 0 spiro atoms. The summed E-state index contributed by atoms with van der Waals surface area (Å²) in [7, 11) is -2.97. The molecule has 0 atom stereocenters. The third-order valence-electron chi connectivity index (χ3n) is 4.49. The SMILES string of the molecule is CCNC(=NCCOCCS(C)(=O)=O)NC1CCN(Cc2ccccn2)CC1.I. The Kier molecular flexibility index (Phi) is 12.7. The maximum atomic E-state index is 11.1. The molecule has 0 saturated carbocycles. The van der Waals surface area contributed by atoms with E-state index in [-0.39, 0.29) is 36.3 Å². The monoisotopic (exact) mass is 539 g/mol. The number of nitrogens with zero attached hydrogens (tertiary/aromatic N) is 3. The minimum Gasteiger partial charge on any atom is -0.378 e. The molecule has 1 saturated heterocycles. The number of piperidine rings is 1. The summed E-state index contributed by atoms with van der Waals surface area (Å²) in [5.74, 6) is 0.837. The number of aromatic nitrogens is 1. The van der Waals surface area contributed by atoms with E-state index in [2.05, 4.69) is 31.6 Å². The van der Waals surface area contributed by atoms with Crippen LogP contribution in [0.5, 0.6) is 0 Å². The first-order valence-corrected chi connectivity index (χ1v) is 11.9. The smallest absolute Gasteiger partial charge is 0.191 e. The summed E-state index contributed by atoms with van der Waals surface area (Å²) in [4.78, 5) is 11.4. The topological polar surface area (TPSA) is 95.9 Å². The largest absolute Gasteiger partial charge is 0.378 e. The van der Waals surface area contributed by atoms with Crippen molar-refractivity contribution in [3.63, 3.8) is 0 Å². The number of likely N-dealkylation sites (tertiary alicyclic amines) is 1. The Morgan fingerprint density at radius 2 is 2.07 bits per heavy atom. The average Bonchev–Trinajstić information content (AvgIpc) is 2.66. The van der Waals surface area contributed by atoms with E-state index in [1.54, 1.807) is 0 Å². The van der Waals surface area contributed by atoms with Crippen LogP contribution in [-0.2, 0) is 21.1 Å². The summed E-state index contributed by atoms with van der Waals surface area (Å²) in [5, 5.41) is 6.76. The normalized spacial score (nSPS) is 16.3. The molecule has 0 amide bonds. The zero-order valence-electron chi connectivity index (χ0n) is 17.3. The van der Waals surface area contributed by atoms with E-state index < -0.39 is 9.84 Å². The summed E-state index contributed by atoms with van der Waals surface area (Å²) < 4.78 is 27.5. The van der Waals surface area contributed by atoms with E-state index in [1.807, 2.05) is 25.3 Å². The fourth-order valence-corrected chi connectivity index (χ4v) is 3.42. The van der Waals surface area contributed by atoms with Crippen LogP contribution in [0.2, 0.25) is 0 Å². The molecule has 1 aromatic rings. The standard InChI is InChI=1S/C19H33N5O3S.HI/c1-3-20-19(22-10-13-27-14-15-28(2,25)26)23-17-7-11-24(12-8-17)16-18-6-4-5-9-21-18;/h4-6,9,17H,3,7-8,10-16H2,1-2H3,(H2,20,22,23);1H. The fourth-order valence-electron chi connectivity index (χ4n) is 3.00. The van der Waals surface area contributed by atoms with Gasteiger partial charge in [-0.25, -0.2) is 8.42 Å². The van der Waals surface area contributed by atoms with E-state index >= 15 is 0 Å². The highest BCUT2D eigenvalue weighted by Crippen LogP contribution is 2.12. The Morgan fingerprint density at radius 1 is 1.31 bits per heavy atom. The Morgan fingerprint density at radius 3 is 2.69 bits per heavy atom. The summed E-state index contributed by atoms with van der Waals surface area (Å²) in [5.41, 5.74) is 1.11. The number of guanidine groups is 1. The van der Waals surface area contributed by atoms with E-state index in [0.717, 1.165) is 50.7 Å². The van der Waals surface area contributed by atoms with Gasteiger partial charge in [-0.1, -0.05) is 6.07 Å². The molecule has 2 N–H and O–H groups in total. The van der Waals surface area contributed by atoms with Crippen LogP contribution in [0, 0.1) is 0 Å². The maximum Gasteiger partial charge on any atom is 0.191 e. The number of rotatable bonds is 10. The quantitative estimate of drug-likeness (QED) is 0.200. The minimum atomic E-state index is -2.97. The van der Waals surface area contributed by atoms with E-state index in [1.165, 1.54) is 6.26 Å². The lowest BCUT2D eigenvalue weighted by molar-refractivity contribution is 0.157. The molecule has 0 aromatic carbocycles. The molecule has 10 heteroatoms. The number of hydrogen-bond donors (Lipinski definition) is 2. The second kappa shape index (κ2) is 14.1. The molecule has 0 bridgehead atoms. The lowest BCUT2D eigenvalue weighted by atomic mass is 10.0. The van der Waals surface area contributed by atoms with Gasteiger partial charge in [-0.3, -0.25) is 14.9 Å². The van der Waals surface area contributed by atoms with Crippen molar-refractivity contribution < 1.29 is 13.2 Å². The molecular formula is C19H34IN5O3S. The zero-order chi connectivity index (χ0) is 20.2. The van der Waals surface area contributed by atoms with Crippen molar-refractivity contribution in [1.82, 2.24) is 20.5 Å². The van der Waals surface area contributed by atoms with Crippen molar-refractivity contribution in [3.05, 3.63) is 30.1 Å². The first-order chi connectivity index (χ1) is 13.5. The maximum absolute atomic E-state index is 11.1. The van der Waals surface area contributed by atoms with Crippen molar-refractivity contribution in [2.24, 2.45) is 4.99 Å². The Bertz CT molecular complexity index is 695. The second-order valence-electron chi connectivity index (χ2n) is 7.02. The molecule has 166 valence electrons. The van der Waals surface area contributed by atoms with Crippen LogP contribution in [0.1, 0.15) is 25.5 Å². The first-order valence-electron chi connectivity index (χ1n) is 9.89. The number of pyridine rings is 1. The second-order valence-corrected chi connectivity index (χ2v) is 9.28. The van der Waals surface area contributed by atoms with Crippen molar-refractivity contribution in [3.8, 4) is 0 Å². The van der Waals surface area contributed by atoms with Crippen LogP contribution in [0.3, 0.4) is 0 Å². The fraction of sp³-hybridized carbons (Fsp3) is 0.684. The number of sulfone groups is 1. The highest BCUT2D eigenvalue weighted by Gasteiger charge is 2.20. The third kappa shape index (κ3) is 11.7. The van der Waals surface area contributed by atoms with Gasteiger partial charge in [0, 0.05) is 44.7 Å². The van der Waals surface area contributed by atoms with Crippen molar-refractivity contribution >= 4 is 39.8 Å². The van der Waals surface area contributed by atoms with Crippen LogP contribution in [0.4, 0.5) is 0 Å². The molecule has 2 rings (SSSR count). The van der Waals surface area contributed by atoms with Gasteiger partial charge in [0.1, 0.15) is 9.84 Å². The molecule has 1 aromatic heterocycles. The molecule has 29 heavy (non-hydrogen) atoms. The van der Waals surface area contributed by atoms with Gasteiger partial charge in [-0.2, -0.15) is 0 Å². The number of ether oxygens (including phenoxy) is 1. The lowest BCUT2D eigenvalue weighted by Gasteiger charge is -2.32. The number of nitrogens with one attached hydrogen (secondary N) is 2. The minimum absolute atomic E-state index is 0. The van der Waals surface area contributed by atoms with Gasteiger partial charge in [0.15, 0.2) is 5.96 Å². The average molecular weight is 539 g/mol. The van der Waals surface area contributed by atoms with Crippen LogP contribution in [-0.4, -0.2) is 81.7 Å². The molecule has 0 radical (unpaired) electrons. The Hall–Kier alpha value is -0.980. The number of aliphatic imine (C=N–C) groups is 1. The first kappa shape index (κ1) is 26.1. The molecule has 2 heterocycles. The Labute approximate surface area is 191 Å². The molecule has 0 aliphatic carbocycles. The lowest BCUT2D eigenvalue weighted by Crippen LogP contribution is -2.48. The van der Waals surface area contributed by atoms with E-state index in [9.17, 15) is 8.42 Å². The van der Waals surface area contributed by atoms with Crippen LogP contribution < -0.4 is 10.6 Å². The molecule has 1 fully saturated rings. The molecule has 0 unspecified atom stereocenters. The zero-order valence-corrected chi connectivity index (χ0v) is 20.5. The number of hydrogen-bond acceptors (Lipinski definition) is 6. The van der Waals surface area contributed by atoms with E-state index in [4.69, 9.17) is 4.74 Å². The van der Waals surface area contributed by atoms with Gasteiger partial charge in [-0.15, -0.1) is 24.0 Å².